The number of carbonyl (C=O) groups is 1. The van der Waals surface area contributed by atoms with Gasteiger partial charge in [0.25, 0.3) is 0 Å². The third-order valence-corrected chi connectivity index (χ3v) is 17.8. The number of hydrogen-bond donors (Lipinski definition) is 1. The molecule has 0 bridgehead atoms. The lowest BCUT2D eigenvalue weighted by atomic mass is 9.97. The third-order valence-electron chi connectivity index (χ3n) is 9.44. The lowest BCUT2D eigenvalue weighted by molar-refractivity contribution is -0.250. The Morgan fingerprint density at radius 1 is 0.649 bits per heavy atom. The summed E-state index contributed by atoms with van der Waals surface area (Å²) in [5.41, 5.74) is 0. The van der Waals surface area contributed by atoms with Gasteiger partial charge in [0, 0.05) is 59.5 Å². The Kier molecular flexibility index (Phi) is 14.4. The Labute approximate surface area is 328 Å². The van der Waals surface area contributed by atoms with Gasteiger partial charge in [-0.3, -0.25) is 4.79 Å². The van der Waals surface area contributed by atoms with Crippen molar-refractivity contribution in [3.63, 3.8) is 0 Å². The Balaban J connectivity index is 1.77. The highest BCUT2D eigenvalue weighted by atomic mass is 31.1. The summed E-state index contributed by atoms with van der Waals surface area (Å²) >= 11 is 0. The monoisotopic (exact) mass is 861 g/mol. The number of amides is 1. The molecule has 0 radical (unpaired) electrons. The van der Waals surface area contributed by atoms with Crippen LogP contribution in [0.4, 0.5) is 35.1 Å². The van der Waals surface area contributed by atoms with Crippen molar-refractivity contribution in [1.29, 1.82) is 0 Å². The molecule has 7 nitrogen and oxygen atoms in total. The second-order valence-corrected chi connectivity index (χ2v) is 23.3. The van der Waals surface area contributed by atoms with E-state index < -0.39 is 108 Å². The molecule has 5 rings (SSSR count). The van der Waals surface area contributed by atoms with Gasteiger partial charge in [-0.25, -0.2) is 35.1 Å². The van der Waals surface area contributed by atoms with Crippen LogP contribution in [-0.4, -0.2) is 58.6 Å². The number of rotatable bonds is 13. The van der Waals surface area contributed by atoms with E-state index in [0.717, 1.165) is 55.5 Å². The largest absolute Gasteiger partial charge is 0.414 e. The molecule has 57 heavy (non-hydrogen) atoms. The summed E-state index contributed by atoms with van der Waals surface area (Å²) in [5.74, 6) is -8.98. The van der Waals surface area contributed by atoms with Crippen molar-refractivity contribution in [3.8, 4) is 0 Å². The van der Waals surface area contributed by atoms with Gasteiger partial charge in [-0.1, -0.05) is 20.8 Å². The Bertz CT molecular complexity index is 1890. The van der Waals surface area contributed by atoms with Gasteiger partial charge in [-0.15, -0.1) is 0 Å². The maximum Gasteiger partial charge on any atom is 0.217 e. The van der Waals surface area contributed by atoms with Gasteiger partial charge in [0.2, 0.25) is 5.91 Å². The SMILES string of the molecule is CO[C@@H]1O[C@H](CO[Si](C)(C)C(C)(C)C)[C@@H](OP(c2cc(F)cc(F)c2)c2cc(F)cc(F)c2)[C@H](OP(c2cc(F)cc(F)c2)c2cc(F)cc(F)c2)[C@H]1NC(C)=O. The van der Waals surface area contributed by atoms with Gasteiger partial charge in [0.1, 0.15) is 70.9 Å². The second kappa shape index (κ2) is 18.3. The minimum Gasteiger partial charge on any atom is -0.414 e. The fourth-order valence-corrected chi connectivity index (χ4v) is 10.8. The first-order chi connectivity index (χ1) is 26.6. The molecule has 1 saturated heterocycles. The van der Waals surface area contributed by atoms with E-state index in [9.17, 15) is 39.9 Å². The zero-order valence-electron chi connectivity index (χ0n) is 31.9. The van der Waals surface area contributed by atoms with E-state index >= 15 is 0 Å². The molecule has 1 aliphatic heterocycles. The van der Waals surface area contributed by atoms with Crippen molar-refractivity contribution >= 4 is 51.7 Å². The van der Waals surface area contributed by atoms with Crippen molar-refractivity contribution in [3.05, 3.63) is 119 Å². The van der Waals surface area contributed by atoms with E-state index in [1.165, 1.54) is 7.11 Å². The number of halogens is 8. The average molecular weight is 862 g/mol. The van der Waals surface area contributed by atoms with Crippen LogP contribution >= 0.6 is 16.3 Å². The first kappa shape index (κ1) is 44.8. The Morgan fingerprint density at radius 3 is 1.28 bits per heavy atom. The van der Waals surface area contributed by atoms with Crippen molar-refractivity contribution < 1.29 is 62.9 Å². The van der Waals surface area contributed by atoms with Gasteiger partial charge in [-0.2, -0.15) is 0 Å². The molecule has 5 atom stereocenters. The van der Waals surface area contributed by atoms with Crippen molar-refractivity contribution in [2.75, 3.05) is 13.7 Å². The Morgan fingerprint density at radius 2 is 0.982 bits per heavy atom. The number of benzene rings is 4. The van der Waals surface area contributed by atoms with Crippen LogP contribution in [0.1, 0.15) is 27.7 Å². The number of ether oxygens (including phenoxy) is 2. The first-order valence-corrected chi connectivity index (χ1v) is 22.9. The van der Waals surface area contributed by atoms with Gasteiger partial charge in [-0.05, 0) is 66.7 Å². The highest BCUT2D eigenvalue weighted by Crippen LogP contribution is 2.47. The quantitative estimate of drug-likeness (QED) is 0.0839. The molecule has 1 aliphatic rings. The Hall–Kier alpha value is -3.33. The zero-order chi connectivity index (χ0) is 42.0. The van der Waals surface area contributed by atoms with Crippen LogP contribution in [0.15, 0.2) is 72.8 Å². The summed E-state index contributed by atoms with van der Waals surface area (Å²) < 4.78 is 151. The van der Waals surface area contributed by atoms with E-state index in [4.69, 9.17) is 22.9 Å². The molecule has 1 amide bonds. The van der Waals surface area contributed by atoms with Crippen LogP contribution in [0, 0.1) is 46.5 Å². The molecule has 0 aromatic heterocycles. The second-order valence-electron chi connectivity index (χ2n) is 14.8. The molecule has 1 heterocycles. The van der Waals surface area contributed by atoms with Crippen LogP contribution in [-0.2, 0) is 27.7 Å². The standard InChI is InChI=1S/C39H41F8NO6P2Si/c1-21(49)48-35-37(54-56(32-16-26(44)10-27(45)17-32)33-18-28(46)11-29(47)19-33)36(34(52-38(35)50-5)20-51-57(6,7)39(2,3)4)53-55(30-12-22(40)8-23(41)13-30)31-14-24(42)9-25(43)15-31/h8-19,34-38H,20H2,1-7H3,(H,48,49)/t34-,35-,36-,37-,38-/m1/s1. The molecule has 0 unspecified atom stereocenters. The number of hydrogen-bond acceptors (Lipinski definition) is 6. The van der Waals surface area contributed by atoms with E-state index in [1.807, 2.05) is 33.9 Å². The summed E-state index contributed by atoms with van der Waals surface area (Å²) in [6.45, 7) is 10.7. The molecule has 1 fully saturated rings. The van der Waals surface area contributed by atoms with Gasteiger partial charge in [0.15, 0.2) is 14.6 Å². The molecule has 0 spiro atoms. The van der Waals surface area contributed by atoms with Crippen LogP contribution in [0.3, 0.4) is 0 Å². The lowest BCUT2D eigenvalue weighted by Gasteiger charge is -2.48. The van der Waals surface area contributed by atoms with Gasteiger partial charge in [0.05, 0.1) is 22.9 Å². The van der Waals surface area contributed by atoms with Crippen LogP contribution in [0.5, 0.6) is 0 Å². The number of methoxy groups -OCH3 is 1. The molecule has 18 heteroatoms. The minimum atomic E-state index is -2.63. The maximum absolute atomic E-state index is 14.9. The summed E-state index contributed by atoms with van der Waals surface area (Å²) in [7, 11) is -6.61. The maximum atomic E-state index is 14.9. The van der Waals surface area contributed by atoms with Gasteiger partial charge >= 0.3 is 0 Å². The van der Waals surface area contributed by atoms with Gasteiger partial charge < -0.3 is 28.3 Å². The molecular weight excluding hydrogens is 820 g/mol. The van der Waals surface area contributed by atoms with Crippen LogP contribution < -0.4 is 26.5 Å². The van der Waals surface area contributed by atoms with Crippen LogP contribution in [0.2, 0.25) is 18.1 Å². The van der Waals surface area contributed by atoms with E-state index in [1.54, 1.807) is 0 Å². The predicted octanol–water partition coefficient (Wildman–Crippen LogP) is 7.86. The summed E-state index contributed by atoms with van der Waals surface area (Å²) in [5, 5.41) is 1.60. The third kappa shape index (κ3) is 11.2. The molecule has 0 saturated carbocycles. The predicted molar refractivity (Wildman–Crippen MR) is 204 cm³/mol. The zero-order valence-corrected chi connectivity index (χ0v) is 34.7. The first-order valence-electron chi connectivity index (χ1n) is 17.5. The number of carbonyl (C=O) groups excluding carboxylic acids is 1. The fourth-order valence-electron chi connectivity index (χ4n) is 5.80. The van der Waals surface area contributed by atoms with Crippen molar-refractivity contribution in [2.45, 2.75) is 76.5 Å². The fraction of sp³-hybridized carbons (Fsp3) is 0.359. The lowest BCUT2D eigenvalue weighted by Crippen LogP contribution is -2.66. The topological polar surface area (TPSA) is 75.2 Å². The molecule has 4 aromatic rings. The molecule has 0 aliphatic carbocycles. The average Bonchev–Trinajstić information content (AvgIpc) is 3.07. The molecule has 308 valence electrons. The van der Waals surface area contributed by atoms with E-state index in [0.29, 0.717) is 24.3 Å². The van der Waals surface area contributed by atoms with Crippen molar-refractivity contribution in [2.24, 2.45) is 0 Å². The highest BCUT2D eigenvalue weighted by molar-refractivity contribution is 7.69. The minimum absolute atomic E-state index is 0.179. The molecule has 4 aromatic carbocycles. The molecular formula is C39H41F8NO6P2Si. The number of nitrogens with one attached hydrogen (secondary N) is 1. The summed E-state index contributed by atoms with van der Waals surface area (Å²) in [6.07, 6.45) is -5.72. The van der Waals surface area contributed by atoms with Crippen LogP contribution in [0.25, 0.3) is 0 Å². The summed E-state index contributed by atoms with van der Waals surface area (Å²) in [6, 6.07) is 8.28. The smallest absolute Gasteiger partial charge is 0.217 e. The molecule has 1 N–H and O–H groups in total. The normalized spacial score (nSPS) is 20.3. The summed E-state index contributed by atoms with van der Waals surface area (Å²) in [4.78, 5) is 12.8. The van der Waals surface area contributed by atoms with E-state index in [2.05, 4.69) is 5.32 Å². The highest BCUT2D eigenvalue weighted by Gasteiger charge is 2.52. The van der Waals surface area contributed by atoms with Crippen molar-refractivity contribution in [1.82, 2.24) is 5.32 Å². The van der Waals surface area contributed by atoms with E-state index in [-0.39, 0.29) is 32.9 Å².